The van der Waals surface area contributed by atoms with Gasteiger partial charge in [-0.1, -0.05) is 27.2 Å². The molecule has 0 amide bonds. The first-order valence-corrected chi connectivity index (χ1v) is 8.85. The molecule has 2 nitrogen and oxygen atoms in total. The van der Waals surface area contributed by atoms with E-state index in [1.807, 2.05) is 11.8 Å². The molecule has 0 aliphatic carbocycles. The lowest BCUT2D eigenvalue weighted by molar-refractivity contribution is 0.174. The molecule has 110 valence electrons. The highest BCUT2D eigenvalue weighted by Gasteiger charge is 2.24. The minimum atomic E-state index is 0.429. The van der Waals surface area contributed by atoms with Gasteiger partial charge >= 0.3 is 0 Å². The molecule has 0 bridgehead atoms. The largest absolute Gasteiger partial charge is 0.316 e. The Kier molecular flexibility index (Phi) is 11.3. The van der Waals surface area contributed by atoms with Crippen LogP contribution in [0.3, 0.4) is 0 Å². The Morgan fingerprint density at radius 3 is 2.50 bits per heavy atom. The fraction of sp³-hybridized carbons (Fsp3) is 1.00. The van der Waals surface area contributed by atoms with E-state index >= 15 is 0 Å². The van der Waals surface area contributed by atoms with Gasteiger partial charge < -0.3 is 10.2 Å². The first-order valence-electron chi connectivity index (χ1n) is 7.46. The minimum Gasteiger partial charge on any atom is -0.316 e. The molecule has 1 N–H and O–H groups in total. The highest BCUT2D eigenvalue weighted by molar-refractivity contribution is 7.98. The van der Waals surface area contributed by atoms with Crippen LogP contribution in [0.25, 0.3) is 0 Å². The SMILES string of the molecule is CCCNCC(C)(CCC)CN(C)CCCSC. The second-order valence-corrected chi connectivity index (χ2v) is 6.81. The molecule has 18 heavy (non-hydrogen) atoms. The van der Waals surface area contributed by atoms with E-state index in [9.17, 15) is 0 Å². The van der Waals surface area contributed by atoms with E-state index in [0.717, 1.165) is 13.1 Å². The van der Waals surface area contributed by atoms with Crippen LogP contribution in [-0.4, -0.2) is 50.1 Å². The van der Waals surface area contributed by atoms with Crippen molar-refractivity contribution in [3.63, 3.8) is 0 Å². The van der Waals surface area contributed by atoms with E-state index in [0.29, 0.717) is 5.41 Å². The molecular weight excluding hydrogens is 240 g/mol. The molecule has 0 aliphatic heterocycles. The van der Waals surface area contributed by atoms with E-state index < -0.39 is 0 Å². The van der Waals surface area contributed by atoms with Crippen molar-refractivity contribution in [2.24, 2.45) is 5.41 Å². The zero-order valence-corrected chi connectivity index (χ0v) is 14.0. The summed E-state index contributed by atoms with van der Waals surface area (Å²) >= 11 is 1.95. The van der Waals surface area contributed by atoms with Crippen LogP contribution in [0.5, 0.6) is 0 Å². The Labute approximate surface area is 119 Å². The third-order valence-electron chi connectivity index (χ3n) is 3.37. The summed E-state index contributed by atoms with van der Waals surface area (Å²) in [4.78, 5) is 2.51. The molecule has 0 spiro atoms. The normalized spacial score (nSPS) is 15.0. The average molecular weight is 275 g/mol. The number of nitrogens with one attached hydrogen (secondary N) is 1. The van der Waals surface area contributed by atoms with Crippen molar-refractivity contribution in [1.82, 2.24) is 10.2 Å². The summed E-state index contributed by atoms with van der Waals surface area (Å²) in [6.45, 7) is 11.7. The number of nitrogens with zero attached hydrogens (tertiary/aromatic N) is 1. The van der Waals surface area contributed by atoms with Crippen LogP contribution < -0.4 is 5.32 Å². The first kappa shape index (κ1) is 18.3. The maximum absolute atomic E-state index is 3.60. The van der Waals surface area contributed by atoms with Gasteiger partial charge in [0.05, 0.1) is 0 Å². The van der Waals surface area contributed by atoms with Gasteiger partial charge in [-0.15, -0.1) is 0 Å². The first-order chi connectivity index (χ1) is 8.58. The zero-order valence-electron chi connectivity index (χ0n) is 13.2. The maximum atomic E-state index is 3.60. The Hall–Kier alpha value is 0.270. The molecule has 0 aromatic rings. The Bertz CT molecular complexity index is 187. The molecule has 3 heteroatoms. The molecule has 0 fully saturated rings. The smallest absolute Gasteiger partial charge is 0.00444 e. The monoisotopic (exact) mass is 274 g/mol. The number of thioether (sulfide) groups is 1. The summed E-state index contributed by atoms with van der Waals surface area (Å²) in [7, 11) is 2.27. The number of hydrogen-bond acceptors (Lipinski definition) is 3. The summed E-state index contributed by atoms with van der Waals surface area (Å²) in [5.74, 6) is 1.28. The average Bonchev–Trinajstić information content (AvgIpc) is 2.29. The van der Waals surface area contributed by atoms with Crippen molar-refractivity contribution in [3.05, 3.63) is 0 Å². The van der Waals surface area contributed by atoms with E-state index in [1.54, 1.807) is 0 Å². The predicted octanol–water partition coefficient (Wildman–Crippen LogP) is 3.48. The molecule has 1 unspecified atom stereocenters. The molecular formula is C15H34N2S. The highest BCUT2D eigenvalue weighted by atomic mass is 32.2. The van der Waals surface area contributed by atoms with Crippen molar-refractivity contribution >= 4 is 11.8 Å². The van der Waals surface area contributed by atoms with E-state index in [1.165, 1.54) is 44.5 Å². The molecule has 0 saturated heterocycles. The van der Waals surface area contributed by atoms with Gasteiger partial charge in [0, 0.05) is 13.1 Å². The third kappa shape index (κ3) is 9.23. The lowest BCUT2D eigenvalue weighted by atomic mass is 9.85. The van der Waals surface area contributed by atoms with Crippen LogP contribution in [0.1, 0.15) is 46.5 Å². The van der Waals surface area contributed by atoms with Gasteiger partial charge in [0.15, 0.2) is 0 Å². The van der Waals surface area contributed by atoms with Crippen LogP contribution in [0, 0.1) is 5.41 Å². The van der Waals surface area contributed by atoms with Crippen LogP contribution in [0.15, 0.2) is 0 Å². The molecule has 0 heterocycles. The standard InChI is InChI=1S/C15H34N2S/c1-6-9-15(3,13-16-10-7-2)14-17(4)11-8-12-18-5/h16H,6-14H2,1-5H3. The molecule has 1 atom stereocenters. The Morgan fingerprint density at radius 2 is 1.94 bits per heavy atom. The second-order valence-electron chi connectivity index (χ2n) is 5.82. The molecule has 0 rings (SSSR count). The molecule has 0 saturated carbocycles. The van der Waals surface area contributed by atoms with Crippen LogP contribution in [-0.2, 0) is 0 Å². The van der Waals surface area contributed by atoms with Crippen LogP contribution in [0.4, 0.5) is 0 Å². The summed E-state index contributed by atoms with van der Waals surface area (Å²) in [6, 6.07) is 0. The van der Waals surface area contributed by atoms with Crippen molar-refractivity contribution in [2.75, 3.05) is 45.2 Å². The zero-order chi connectivity index (χ0) is 13.9. The molecule has 0 aliphatic rings. The van der Waals surface area contributed by atoms with Gasteiger partial charge in [-0.05, 0) is 56.8 Å². The Balaban J connectivity index is 4.05. The summed E-state index contributed by atoms with van der Waals surface area (Å²) < 4.78 is 0. The number of hydrogen-bond donors (Lipinski definition) is 1. The summed E-state index contributed by atoms with van der Waals surface area (Å²) in [5, 5.41) is 3.60. The van der Waals surface area contributed by atoms with Gasteiger partial charge in [-0.25, -0.2) is 0 Å². The minimum absolute atomic E-state index is 0.429. The van der Waals surface area contributed by atoms with Gasteiger partial charge in [-0.3, -0.25) is 0 Å². The van der Waals surface area contributed by atoms with Crippen molar-refractivity contribution in [2.45, 2.75) is 46.5 Å². The second kappa shape index (κ2) is 11.1. The fourth-order valence-electron chi connectivity index (χ4n) is 2.60. The van der Waals surface area contributed by atoms with Crippen molar-refractivity contribution in [1.29, 1.82) is 0 Å². The van der Waals surface area contributed by atoms with E-state index in [4.69, 9.17) is 0 Å². The molecule has 0 aromatic heterocycles. The van der Waals surface area contributed by atoms with E-state index in [2.05, 4.69) is 44.3 Å². The number of rotatable bonds is 12. The maximum Gasteiger partial charge on any atom is 0.00444 e. The third-order valence-corrected chi connectivity index (χ3v) is 4.07. The summed E-state index contributed by atoms with van der Waals surface area (Å²) in [6.07, 6.45) is 7.32. The van der Waals surface area contributed by atoms with Gasteiger partial charge in [0.25, 0.3) is 0 Å². The van der Waals surface area contributed by atoms with Gasteiger partial charge in [0.2, 0.25) is 0 Å². The fourth-order valence-corrected chi connectivity index (χ4v) is 3.02. The quantitative estimate of drug-likeness (QED) is 0.549. The van der Waals surface area contributed by atoms with Gasteiger partial charge in [0.1, 0.15) is 0 Å². The van der Waals surface area contributed by atoms with Crippen LogP contribution in [0.2, 0.25) is 0 Å². The molecule has 0 aromatic carbocycles. The molecule has 0 radical (unpaired) electrons. The van der Waals surface area contributed by atoms with Gasteiger partial charge in [-0.2, -0.15) is 11.8 Å². The summed E-state index contributed by atoms with van der Waals surface area (Å²) in [5.41, 5.74) is 0.429. The van der Waals surface area contributed by atoms with Crippen LogP contribution >= 0.6 is 11.8 Å². The van der Waals surface area contributed by atoms with Crippen molar-refractivity contribution < 1.29 is 0 Å². The topological polar surface area (TPSA) is 15.3 Å². The lowest BCUT2D eigenvalue weighted by Crippen LogP contribution is -2.41. The predicted molar refractivity (Wildman–Crippen MR) is 86.7 cm³/mol. The van der Waals surface area contributed by atoms with E-state index in [-0.39, 0.29) is 0 Å². The Morgan fingerprint density at radius 1 is 1.22 bits per heavy atom. The highest BCUT2D eigenvalue weighted by Crippen LogP contribution is 2.23. The van der Waals surface area contributed by atoms with Crippen molar-refractivity contribution in [3.8, 4) is 0 Å². The lowest BCUT2D eigenvalue weighted by Gasteiger charge is -2.34.